The van der Waals surface area contributed by atoms with Crippen LogP contribution in [0.4, 0.5) is 0 Å². The number of carbonyl (C=O) groups excluding carboxylic acids is 2. The molecule has 0 amide bonds. The van der Waals surface area contributed by atoms with Gasteiger partial charge in [0, 0.05) is 5.56 Å². The first kappa shape index (κ1) is 17.5. The molecule has 7 heteroatoms. The summed E-state index contributed by atoms with van der Waals surface area (Å²) in [6, 6.07) is 13.9. The molecule has 0 spiro atoms. The van der Waals surface area contributed by atoms with Crippen LogP contribution in [0.15, 0.2) is 54.9 Å². The molecule has 0 aliphatic rings. The van der Waals surface area contributed by atoms with Crippen molar-refractivity contribution in [3.8, 4) is 5.69 Å². The second-order valence-electron chi connectivity index (χ2n) is 5.76. The molecular formula is C19H18N4O3. The van der Waals surface area contributed by atoms with E-state index >= 15 is 0 Å². The smallest absolute Gasteiger partial charge is 0.338 e. The van der Waals surface area contributed by atoms with Gasteiger partial charge in [0.1, 0.15) is 6.33 Å². The van der Waals surface area contributed by atoms with Gasteiger partial charge in [0.25, 0.3) is 0 Å². The van der Waals surface area contributed by atoms with Gasteiger partial charge in [0.2, 0.25) is 5.78 Å². The van der Waals surface area contributed by atoms with Gasteiger partial charge in [-0.3, -0.25) is 4.79 Å². The summed E-state index contributed by atoms with van der Waals surface area (Å²) in [5, 5.41) is 10.9. The van der Waals surface area contributed by atoms with Gasteiger partial charge in [0.05, 0.1) is 11.3 Å². The van der Waals surface area contributed by atoms with Crippen LogP contribution in [0.2, 0.25) is 0 Å². The number of hydrogen-bond acceptors (Lipinski definition) is 6. The molecule has 1 aromatic heterocycles. The molecule has 0 bridgehead atoms. The van der Waals surface area contributed by atoms with Crippen molar-refractivity contribution in [2.75, 3.05) is 0 Å². The first-order valence-corrected chi connectivity index (χ1v) is 8.26. The SMILES string of the molecule is CCc1ccc(C(=O)[C@H](C)OC(=O)c2ccc(-n3cnnn3)cc2)cc1. The van der Waals surface area contributed by atoms with Crippen LogP contribution in [0.1, 0.15) is 40.1 Å². The molecule has 0 saturated carbocycles. The number of ether oxygens (including phenoxy) is 1. The predicted molar refractivity (Wildman–Crippen MR) is 94.2 cm³/mol. The fourth-order valence-corrected chi connectivity index (χ4v) is 2.45. The summed E-state index contributed by atoms with van der Waals surface area (Å²) in [5.74, 6) is -0.786. The molecule has 0 aliphatic heterocycles. The lowest BCUT2D eigenvalue weighted by molar-refractivity contribution is 0.0319. The minimum Gasteiger partial charge on any atom is -0.451 e. The molecule has 26 heavy (non-hydrogen) atoms. The van der Waals surface area contributed by atoms with Gasteiger partial charge < -0.3 is 4.74 Å². The number of tetrazole rings is 1. The molecule has 0 unspecified atom stereocenters. The van der Waals surface area contributed by atoms with Crippen molar-refractivity contribution in [3.63, 3.8) is 0 Å². The topological polar surface area (TPSA) is 87.0 Å². The molecule has 132 valence electrons. The average Bonchev–Trinajstić information content (AvgIpc) is 3.22. The van der Waals surface area contributed by atoms with Gasteiger partial charge in [0.15, 0.2) is 6.10 Å². The Hall–Kier alpha value is -3.35. The summed E-state index contributed by atoms with van der Waals surface area (Å²) < 4.78 is 6.78. The number of ketones is 1. The number of hydrogen-bond donors (Lipinski definition) is 0. The van der Waals surface area contributed by atoms with Gasteiger partial charge in [-0.25, -0.2) is 9.48 Å². The number of rotatable bonds is 6. The number of carbonyl (C=O) groups is 2. The second-order valence-corrected chi connectivity index (χ2v) is 5.76. The highest BCUT2D eigenvalue weighted by Crippen LogP contribution is 2.13. The van der Waals surface area contributed by atoms with Crippen molar-refractivity contribution in [1.29, 1.82) is 0 Å². The predicted octanol–water partition coefficient (Wildman–Crippen LogP) is 2.65. The lowest BCUT2D eigenvalue weighted by Crippen LogP contribution is -2.24. The van der Waals surface area contributed by atoms with E-state index < -0.39 is 12.1 Å². The average molecular weight is 350 g/mol. The van der Waals surface area contributed by atoms with Crippen LogP contribution in [-0.4, -0.2) is 38.1 Å². The number of benzene rings is 2. The summed E-state index contributed by atoms with van der Waals surface area (Å²) >= 11 is 0. The highest BCUT2D eigenvalue weighted by Gasteiger charge is 2.20. The highest BCUT2D eigenvalue weighted by molar-refractivity contribution is 6.01. The normalized spacial score (nSPS) is 11.8. The fraction of sp³-hybridized carbons (Fsp3) is 0.211. The van der Waals surface area contributed by atoms with Crippen LogP contribution < -0.4 is 0 Å². The summed E-state index contributed by atoms with van der Waals surface area (Å²) in [7, 11) is 0. The summed E-state index contributed by atoms with van der Waals surface area (Å²) in [6.45, 7) is 3.62. The molecule has 1 atom stereocenters. The summed E-state index contributed by atoms with van der Waals surface area (Å²) in [6.07, 6.45) is 1.49. The first-order chi connectivity index (χ1) is 12.6. The van der Waals surface area contributed by atoms with E-state index in [0.29, 0.717) is 16.8 Å². The Balaban J connectivity index is 1.65. The van der Waals surface area contributed by atoms with E-state index in [9.17, 15) is 9.59 Å². The number of Topliss-reactive ketones (excluding diaryl/α,β-unsaturated/α-hetero) is 1. The van der Waals surface area contributed by atoms with E-state index in [1.807, 2.05) is 19.1 Å². The second kappa shape index (κ2) is 7.69. The zero-order valence-electron chi connectivity index (χ0n) is 14.5. The molecule has 0 saturated heterocycles. The van der Waals surface area contributed by atoms with Gasteiger partial charge in [-0.2, -0.15) is 0 Å². The molecule has 3 aromatic rings. The molecule has 0 radical (unpaired) electrons. The standard InChI is InChI=1S/C19H18N4O3/c1-3-14-4-6-15(7-5-14)18(24)13(2)26-19(25)16-8-10-17(11-9-16)23-12-20-21-22-23/h4-13H,3H2,1-2H3/t13-/m0/s1. The van der Waals surface area contributed by atoms with Crippen molar-refractivity contribution in [1.82, 2.24) is 20.2 Å². The van der Waals surface area contributed by atoms with E-state index in [1.54, 1.807) is 43.3 Å². The molecule has 0 aliphatic carbocycles. The minimum atomic E-state index is -0.867. The van der Waals surface area contributed by atoms with Crippen molar-refractivity contribution in [2.24, 2.45) is 0 Å². The van der Waals surface area contributed by atoms with E-state index in [2.05, 4.69) is 15.5 Å². The quantitative estimate of drug-likeness (QED) is 0.502. The van der Waals surface area contributed by atoms with Crippen LogP contribution in [0.3, 0.4) is 0 Å². The fourth-order valence-electron chi connectivity index (χ4n) is 2.45. The van der Waals surface area contributed by atoms with E-state index in [4.69, 9.17) is 4.74 Å². The Morgan fingerprint density at radius 3 is 2.27 bits per heavy atom. The van der Waals surface area contributed by atoms with Crippen LogP contribution >= 0.6 is 0 Å². The first-order valence-electron chi connectivity index (χ1n) is 8.26. The summed E-state index contributed by atoms with van der Waals surface area (Å²) in [5.41, 5.74) is 2.74. The minimum absolute atomic E-state index is 0.230. The molecule has 1 heterocycles. The van der Waals surface area contributed by atoms with Gasteiger partial charge >= 0.3 is 5.97 Å². The Labute approximate surface area is 150 Å². The Morgan fingerprint density at radius 1 is 1.04 bits per heavy atom. The van der Waals surface area contributed by atoms with E-state index in [1.165, 1.54) is 11.0 Å². The molecule has 0 N–H and O–H groups in total. The molecule has 3 rings (SSSR count). The third-order valence-corrected chi connectivity index (χ3v) is 4.02. The van der Waals surface area contributed by atoms with Gasteiger partial charge in [-0.05, 0) is 53.6 Å². The number of aromatic nitrogens is 4. The molecular weight excluding hydrogens is 332 g/mol. The molecule has 0 fully saturated rings. The van der Waals surface area contributed by atoms with E-state index in [-0.39, 0.29) is 5.78 Å². The maximum absolute atomic E-state index is 12.4. The lowest BCUT2D eigenvalue weighted by Gasteiger charge is -2.13. The van der Waals surface area contributed by atoms with Crippen LogP contribution in [0.25, 0.3) is 5.69 Å². The van der Waals surface area contributed by atoms with Crippen molar-refractivity contribution in [2.45, 2.75) is 26.4 Å². The zero-order chi connectivity index (χ0) is 18.5. The number of aryl methyl sites for hydroxylation is 1. The van der Waals surface area contributed by atoms with Gasteiger partial charge in [-0.15, -0.1) is 5.10 Å². The van der Waals surface area contributed by atoms with Crippen LogP contribution in [0.5, 0.6) is 0 Å². The number of esters is 1. The van der Waals surface area contributed by atoms with Gasteiger partial charge in [-0.1, -0.05) is 31.2 Å². The van der Waals surface area contributed by atoms with Crippen molar-refractivity contribution >= 4 is 11.8 Å². The maximum atomic E-state index is 12.4. The Bertz CT molecular complexity index is 888. The largest absolute Gasteiger partial charge is 0.451 e. The monoisotopic (exact) mass is 350 g/mol. The maximum Gasteiger partial charge on any atom is 0.338 e. The van der Waals surface area contributed by atoms with Crippen LogP contribution in [0, 0.1) is 0 Å². The highest BCUT2D eigenvalue weighted by atomic mass is 16.5. The Kier molecular flexibility index (Phi) is 5.17. The third-order valence-electron chi connectivity index (χ3n) is 4.02. The van der Waals surface area contributed by atoms with Crippen molar-refractivity contribution < 1.29 is 14.3 Å². The number of nitrogens with zero attached hydrogens (tertiary/aromatic N) is 4. The van der Waals surface area contributed by atoms with Crippen molar-refractivity contribution in [3.05, 3.63) is 71.5 Å². The summed E-state index contributed by atoms with van der Waals surface area (Å²) in [4.78, 5) is 24.7. The lowest BCUT2D eigenvalue weighted by atomic mass is 10.0. The third kappa shape index (κ3) is 3.83. The zero-order valence-corrected chi connectivity index (χ0v) is 14.5. The molecule has 2 aromatic carbocycles. The Morgan fingerprint density at radius 2 is 1.69 bits per heavy atom. The van der Waals surface area contributed by atoms with Crippen LogP contribution in [-0.2, 0) is 11.2 Å². The molecule has 7 nitrogen and oxygen atoms in total. The van der Waals surface area contributed by atoms with E-state index in [0.717, 1.165) is 12.0 Å².